The molecule has 0 saturated heterocycles. The monoisotopic (exact) mass is 195 g/mol. The van der Waals surface area contributed by atoms with E-state index in [-0.39, 0.29) is 12.7 Å². The Morgan fingerprint density at radius 1 is 1.57 bits per heavy atom. The lowest BCUT2D eigenvalue weighted by atomic mass is 9.99. The molecule has 14 heavy (non-hydrogen) atoms. The van der Waals surface area contributed by atoms with E-state index in [9.17, 15) is 5.11 Å². The van der Waals surface area contributed by atoms with Crippen LogP contribution in [0.2, 0.25) is 0 Å². The number of pyridine rings is 1. The van der Waals surface area contributed by atoms with Crippen molar-refractivity contribution in [2.45, 2.75) is 32.5 Å². The third-order valence-electron chi connectivity index (χ3n) is 1.98. The first-order chi connectivity index (χ1) is 6.52. The summed E-state index contributed by atoms with van der Waals surface area (Å²) >= 11 is 0. The SMILES string of the molecule is CC(C)OCC(C)(O)c1cccnc1. The third-order valence-corrected chi connectivity index (χ3v) is 1.98. The highest BCUT2D eigenvalue weighted by Crippen LogP contribution is 2.19. The van der Waals surface area contributed by atoms with Crippen molar-refractivity contribution in [3.63, 3.8) is 0 Å². The summed E-state index contributed by atoms with van der Waals surface area (Å²) in [5.41, 5.74) is -0.181. The summed E-state index contributed by atoms with van der Waals surface area (Å²) in [6, 6.07) is 3.65. The fourth-order valence-electron chi connectivity index (χ4n) is 1.09. The van der Waals surface area contributed by atoms with Crippen LogP contribution in [-0.2, 0) is 10.3 Å². The van der Waals surface area contributed by atoms with Crippen LogP contribution in [0.15, 0.2) is 24.5 Å². The second-order valence-corrected chi connectivity index (χ2v) is 3.88. The molecule has 0 aromatic carbocycles. The summed E-state index contributed by atoms with van der Waals surface area (Å²) in [7, 11) is 0. The highest BCUT2D eigenvalue weighted by molar-refractivity contribution is 5.16. The number of nitrogens with zero attached hydrogens (tertiary/aromatic N) is 1. The Bertz CT molecular complexity index is 270. The van der Waals surface area contributed by atoms with Crippen molar-refractivity contribution in [2.24, 2.45) is 0 Å². The number of aromatic nitrogens is 1. The lowest BCUT2D eigenvalue weighted by Gasteiger charge is -2.24. The molecule has 0 aliphatic heterocycles. The number of aliphatic hydroxyl groups is 1. The van der Waals surface area contributed by atoms with Gasteiger partial charge in [-0.05, 0) is 26.8 Å². The summed E-state index contributed by atoms with van der Waals surface area (Å²) in [6.07, 6.45) is 3.46. The molecule has 1 aromatic heterocycles. The number of ether oxygens (including phenoxy) is 1. The summed E-state index contributed by atoms with van der Waals surface area (Å²) in [5, 5.41) is 10.1. The quantitative estimate of drug-likeness (QED) is 0.795. The maximum absolute atomic E-state index is 10.1. The lowest BCUT2D eigenvalue weighted by molar-refractivity contribution is -0.0576. The van der Waals surface area contributed by atoms with Gasteiger partial charge in [0.15, 0.2) is 0 Å². The topological polar surface area (TPSA) is 42.4 Å². The van der Waals surface area contributed by atoms with Gasteiger partial charge in [0.1, 0.15) is 5.60 Å². The standard InChI is InChI=1S/C11H17NO2/c1-9(2)14-8-11(3,13)10-5-4-6-12-7-10/h4-7,9,13H,8H2,1-3H3. The molecule has 1 unspecified atom stereocenters. The second-order valence-electron chi connectivity index (χ2n) is 3.88. The van der Waals surface area contributed by atoms with Crippen molar-refractivity contribution < 1.29 is 9.84 Å². The Balaban J connectivity index is 2.66. The summed E-state index contributed by atoms with van der Waals surface area (Å²) in [5.74, 6) is 0. The number of rotatable bonds is 4. The Hall–Kier alpha value is -0.930. The van der Waals surface area contributed by atoms with Crippen LogP contribution in [0.1, 0.15) is 26.3 Å². The number of hydrogen-bond acceptors (Lipinski definition) is 3. The molecular weight excluding hydrogens is 178 g/mol. The molecular formula is C11H17NO2. The predicted molar refractivity (Wildman–Crippen MR) is 54.9 cm³/mol. The third kappa shape index (κ3) is 3.09. The van der Waals surface area contributed by atoms with Crippen molar-refractivity contribution in [1.82, 2.24) is 4.98 Å². The zero-order chi connectivity index (χ0) is 10.6. The van der Waals surface area contributed by atoms with Gasteiger partial charge in [-0.3, -0.25) is 4.98 Å². The molecule has 3 nitrogen and oxygen atoms in total. The minimum absolute atomic E-state index is 0.123. The molecule has 0 fully saturated rings. The van der Waals surface area contributed by atoms with Gasteiger partial charge in [0.05, 0.1) is 12.7 Å². The van der Waals surface area contributed by atoms with E-state index >= 15 is 0 Å². The normalized spacial score (nSPS) is 15.5. The van der Waals surface area contributed by atoms with Gasteiger partial charge < -0.3 is 9.84 Å². The molecule has 0 saturated carbocycles. The van der Waals surface area contributed by atoms with Crippen LogP contribution >= 0.6 is 0 Å². The minimum atomic E-state index is -0.960. The van der Waals surface area contributed by atoms with Crippen molar-refractivity contribution in [2.75, 3.05) is 6.61 Å². The molecule has 3 heteroatoms. The molecule has 0 amide bonds. The van der Waals surface area contributed by atoms with E-state index in [1.54, 1.807) is 25.4 Å². The Morgan fingerprint density at radius 2 is 2.29 bits per heavy atom. The maximum atomic E-state index is 10.1. The largest absolute Gasteiger partial charge is 0.383 e. The molecule has 1 atom stereocenters. The van der Waals surface area contributed by atoms with E-state index in [0.717, 1.165) is 5.56 Å². The van der Waals surface area contributed by atoms with E-state index in [0.29, 0.717) is 0 Å². The van der Waals surface area contributed by atoms with Crippen LogP contribution in [0, 0.1) is 0 Å². The van der Waals surface area contributed by atoms with Gasteiger partial charge in [0.2, 0.25) is 0 Å². The molecule has 1 N–H and O–H groups in total. The fraction of sp³-hybridized carbons (Fsp3) is 0.545. The zero-order valence-corrected chi connectivity index (χ0v) is 8.90. The molecule has 1 aromatic rings. The zero-order valence-electron chi connectivity index (χ0n) is 8.90. The molecule has 0 aliphatic carbocycles. The minimum Gasteiger partial charge on any atom is -0.383 e. The summed E-state index contributed by atoms with van der Waals surface area (Å²) in [4.78, 5) is 3.96. The van der Waals surface area contributed by atoms with Gasteiger partial charge in [-0.15, -0.1) is 0 Å². The molecule has 1 heterocycles. The fourth-order valence-corrected chi connectivity index (χ4v) is 1.09. The number of hydrogen-bond donors (Lipinski definition) is 1. The molecule has 78 valence electrons. The predicted octanol–water partition coefficient (Wildman–Crippen LogP) is 1.71. The first-order valence-corrected chi connectivity index (χ1v) is 4.77. The summed E-state index contributed by atoms with van der Waals surface area (Å²) < 4.78 is 5.38. The maximum Gasteiger partial charge on any atom is 0.112 e. The van der Waals surface area contributed by atoms with Crippen molar-refractivity contribution in [3.8, 4) is 0 Å². The van der Waals surface area contributed by atoms with Gasteiger partial charge in [-0.25, -0.2) is 0 Å². The molecule has 1 rings (SSSR count). The average Bonchev–Trinajstić information content (AvgIpc) is 2.16. The van der Waals surface area contributed by atoms with Gasteiger partial charge in [0, 0.05) is 18.0 Å². The molecule has 0 spiro atoms. The van der Waals surface area contributed by atoms with Gasteiger partial charge >= 0.3 is 0 Å². The highest BCUT2D eigenvalue weighted by Gasteiger charge is 2.23. The first kappa shape index (κ1) is 11.1. The van der Waals surface area contributed by atoms with E-state index in [1.807, 2.05) is 19.9 Å². The van der Waals surface area contributed by atoms with E-state index < -0.39 is 5.60 Å². The Labute approximate surface area is 84.7 Å². The van der Waals surface area contributed by atoms with Gasteiger partial charge in [0.25, 0.3) is 0 Å². The van der Waals surface area contributed by atoms with Crippen LogP contribution in [0.4, 0.5) is 0 Å². The summed E-state index contributed by atoms with van der Waals surface area (Å²) in [6.45, 7) is 5.90. The lowest BCUT2D eigenvalue weighted by Crippen LogP contribution is -2.29. The second kappa shape index (κ2) is 4.53. The van der Waals surface area contributed by atoms with E-state index in [1.165, 1.54) is 0 Å². The van der Waals surface area contributed by atoms with Crippen LogP contribution in [0.5, 0.6) is 0 Å². The highest BCUT2D eigenvalue weighted by atomic mass is 16.5. The van der Waals surface area contributed by atoms with Gasteiger partial charge in [-0.1, -0.05) is 6.07 Å². The van der Waals surface area contributed by atoms with Crippen LogP contribution in [-0.4, -0.2) is 22.8 Å². The van der Waals surface area contributed by atoms with E-state index in [4.69, 9.17) is 4.74 Å². The van der Waals surface area contributed by atoms with Gasteiger partial charge in [-0.2, -0.15) is 0 Å². The van der Waals surface area contributed by atoms with Crippen molar-refractivity contribution in [3.05, 3.63) is 30.1 Å². The van der Waals surface area contributed by atoms with Crippen LogP contribution in [0.25, 0.3) is 0 Å². The van der Waals surface area contributed by atoms with Crippen molar-refractivity contribution in [1.29, 1.82) is 0 Å². The van der Waals surface area contributed by atoms with Crippen LogP contribution < -0.4 is 0 Å². The Kier molecular flexibility index (Phi) is 3.61. The van der Waals surface area contributed by atoms with Crippen LogP contribution in [0.3, 0.4) is 0 Å². The van der Waals surface area contributed by atoms with E-state index in [2.05, 4.69) is 4.98 Å². The smallest absolute Gasteiger partial charge is 0.112 e. The average molecular weight is 195 g/mol. The molecule has 0 bridgehead atoms. The molecule has 0 aliphatic rings. The van der Waals surface area contributed by atoms with Crippen molar-refractivity contribution >= 4 is 0 Å². The molecule has 0 radical (unpaired) electrons. The first-order valence-electron chi connectivity index (χ1n) is 4.77. The Morgan fingerprint density at radius 3 is 2.79 bits per heavy atom.